The van der Waals surface area contributed by atoms with Gasteiger partial charge in [0.2, 0.25) is 11.7 Å². The molecule has 2 unspecified atom stereocenters. The SMILES string of the molecule is COc1cc(C2CN(C(=S)NC(C)C)CC2C(=O)NCCC(C)C)cc(OC)c1OC. The molecule has 0 spiro atoms. The molecule has 1 amide bonds. The summed E-state index contributed by atoms with van der Waals surface area (Å²) in [5.74, 6) is 2.00. The Labute approximate surface area is 191 Å². The molecule has 2 N–H and O–H groups in total. The van der Waals surface area contributed by atoms with E-state index in [4.69, 9.17) is 26.4 Å². The molecule has 0 saturated carbocycles. The first-order chi connectivity index (χ1) is 14.7. The topological polar surface area (TPSA) is 72.1 Å². The fourth-order valence-corrected chi connectivity index (χ4v) is 4.23. The number of methoxy groups -OCH3 is 3. The third-order valence-electron chi connectivity index (χ3n) is 5.49. The fourth-order valence-electron chi connectivity index (χ4n) is 3.84. The summed E-state index contributed by atoms with van der Waals surface area (Å²) >= 11 is 5.60. The summed E-state index contributed by atoms with van der Waals surface area (Å²) in [5.41, 5.74) is 0.966. The summed E-state index contributed by atoms with van der Waals surface area (Å²) in [7, 11) is 4.78. The number of carbonyl (C=O) groups is 1. The predicted octanol–water partition coefficient (Wildman–Crippen LogP) is 3.17. The van der Waals surface area contributed by atoms with E-state index < -0.39 is 0 Å². The van der Waals surface area contributed by atoms with Crippen molar-refractivity contribution >= 4 is 23.2 Å². The second-order valence-electron chi connectivity index (χ2n) is 8.65. The molecule has 1 saturated heterocycles. The largest absolute Gasteiger partial charge is 0.493 e. The lowest BCUT2D eigenvalue weighted by atomic mass is 9.87. The van der Waals surface area contributed by atoms with Crippen molar-refractivity contribution in [3.63, 3.8) is 0 Å². The molecule has 0 bridgehead atoms. The summed E-state index contributed by atoms with van der Waals surface area (Å²) in [6.07, 6.45) is 0.949. The van der Waals surface area contributed by atoms with Crippen LogP contribution >= 0.6 is 12.2 Å². The number of thiocarbonyl (C=S) groups is 1. The molecular formula is C23H37N3O4S. The van der Waals surface area contributed by atoms with E-state index in [1.165, 1.54) is 0 Å². The van der Waals surface area contributed by atoms with Crippen LogP contribution in [0.3, 0.4) is 0 Å². The summed E-state index contributed by atoms with van der Waals surface area (Å²) in [6.45, 7) is 10.3. The minimum Gasteiger partial charge on any atom is -0.493 e. The quantitative estimate of drug-likeness (QED) is 0.559. The summed E-state index contributed by atoms with van der Waals surface area (Å²) in [6, 6.07) is 4.09. The Hall–Kier alpha value is -2.22. The molecule has 174 valence electrons. The van der Waals surface area contributed by atoms with Gasteiger partial charge in [0.05, 0.1) is 27.2 Å². The highest BCUT2D eigenvalue weighted by Gasteiger charge is 2.40. The number of likely N-dealkylation sites (tertiary alicyclic amines) is 1. The van der Waals surface area contributed by atoms with Gasteiger partial charge >= 0.3 is 0 Å². The van der Waals surface area contributed by atoms with Gasteiger partial charge in [0.1, 0.15) is 0 Å². The zero-order valence-electron chi connectivity index (χ0n) is 19.8. The monoisotopic (exact) mass is 451 g/mol. The lowest BCUT2D eigenvalue weighted by Crippen LogP contribution is -2.42. The maximum Gasteiger partial charge on any atom is 0.225 e. The molecular weight excluding hydrogens is 414 g/mol. The summed E-state index contributed by atoms with van der Waals surface area (Å²) < 4.78 is 16.5. The molecule has 0 radical (unpaired) electrons. The fraction of sp³-hybridized carbons (Fsp3) is 0.652. The van der Waals surface area contributed by atoms with E-state index in [-0.39, 0.29) is 23.8 Å². The Morgan fingerprint density at radius 1 is 1.10 bits per heavy atom. The third-order valence-corrected chi connectivity index (χ3v) is 5.87. The first-order valence-electron chi connectivity index (χ1n) is 10.8. The molecule has 1 aliphatic rings. The van der Waals surface area contributed by atoms with Gasteiger partial charge in [0.15, 0.2) is 16.6 Å². The van der Waals surface area contributed by atoms with Gasteiger partial charge in [-0.2, -0.15) is 0 Å². The van der Waals surface area contributed by atoms with Crippen LogP contribution in [0, 0.1) is 11.8 Å². The van der Waals surface area contributed by atoms with Crippen molar-refractivity contribution in [2.45, 2.75) is 46.1 Å². The second-order valence-corrected chi connectivity index (χ2v) is 9.04. The maximum atomic E-state index is 13.1. The molecule has 1 fully saturated rings. The number of carbonyl (C=O) groups excluding carboxylic acids is 1. The minimum absolute atomic E-state index is 0.0502. The summed E-state index contributed by atoms with van der Waals surface area (Å²) in [4.78, 5) is 15.2. The van der Waals surface area contributed by atoms with Gasteiger partial charge in [-0.25, -0.2) is 0 Å². The van der Waals surface area contributed by atoms with Crippen LogP contribution in [0.2, 0.25) is 0 Å². The number of hydrogen-bond donors (Lipinski definition) is 2. The van der Waals surface area contributed by atoms with Gasteiger partial charge in [-0.15, -0.1) is 0 Å². The molecule has 1 aliphatic heterocycles. The average molecular weight is 452 g/mol. The number of nitrogens with one attached hydrogen (secondary N) is 2. The highest BCUT2D eigenvalue weighted by Crippen LogP contribution is 2.43. The Morgan fingerprint density at radius 2 is 1.71 bits per heavy atom. The van der Waals surface area contributed by atoms with E-state index in [9.17, 15) is 4.79 Å². The van der Waals surface area contributed by atoms with E-state index in [2.05, 4.69) is 43.2 Å². The number of benzene rings is 1. The van der Waals surface area contributed by atoms with Crippen LogP contribution in [-0.4, -0.2) is 62.9 Å². The van der Waals surface area contributed by atoms with E-state index in [0.29, 0.717) is 47.9 Å². The first kappa shape index (κ1) is 25.0. The van der Waals surface area contributed by atoms with Crippen molar-refractivity contribution < 1.29 is 19.0 Å². The first-order valence-corrected chi connectivity index (χ1v) is 11.3. The lowest BCUT2D eigenvalue weighted by Gasteiger charge is -2.22. The molecule has 0 aliphatic carbocycles. The standard InChI is InChI=1S/C23H37N3O4S/c1-14(2)8-9-24-22(27)18-13-26(23(31)25-15(3)4)12-17(18)16-10-19(28-5)21(30-7)20(11-16)29-6/h10-11,14-15,17-18H,8-9,12-13H2,1-7H3,(H,24,27)(H,25,31). The normalized spacial score (nSPS) is 18.3. The van der Waals surface area contributed by atoms with Gasteiger partial charge in [-0.1, -0.05) is 13.8 Å². The number of ether oxygens (including phenoxy) is 3. The van der Waals surface area contributed by atoms with E-state index >= 15 is 0 Å². The molecule has 2 atom stereocenters. The summed E-state index contributed by atoms with van der Waals surface area (Å²) in [5, 5.41) is 7.08. The second kappa shape index (κ2) is 11.4. The van der Waals surface area contributed by atoms with E-state index in [1.807, 2.05) is 12.1 Å². The van der Waals surface area contributed by atoms with E-state index in [1.54, 1.807) is 21.3 Å². The molecule has 1 aromatic rings. The van der Waals surface area contributed by atoms with Gasteiger partial charge in [0, 0.05) is 31.6 Å². The van der Waals surface area contributed by atoms with Crippen LogP contribution in [-0.2, 0) is 4.79 Å². The number of rotatable bonds is 9. The Kier molecular flexibility index (Phi) is 9.22. The number of amides is 1. The average Bonchev–Trinajstić information content (AvgIpc) is 3.17. The Balaban J connectivity index is 2.35. The van der Waals surface area contributed by atoms with Crippen LogP contribution in [0.15, 0.2) is 12.1 Å². The van der Waals surface area contributed by atoms with E-state index in [0.717, 1.165) is 12.0 Å². The van der Waals surface area contributed by atoms with Crippen molar-refractivity contribution in [2.75, 3.05) is 41.0 Å². The zero-order chi connectivity index (χ0) is 23.1. The molecule has 2 rings (SSSR count). The van der Waals surface area contributed by atoms with Gasteiger partial charge in [-0.05, 0) is 56.1 Å². The van der Waals surface area contributed by atoms with Crippen molar-refractivity contribution in [3.8, 4) is 17.2 Å². The molecule has 1 aromatic carbocycles. The van der Waals surface area contributed by atoms with Crippen molar-refractivity contribution in [1.82, 2.24) is 15.5 Å². The predicted molar refractivity (Wildman–Crippen MR) is 127 cm³/mol. The Morgan fingerprint density at radius 3 is 2.19 bits per heavy atom. The van der Waals surface area contributed by atoms with Crippen LogP contribution < -0.4 is 24.8 Å². The molecule has 1 heterocycles. The maximum absolute atomic E-state index is 13.1. The number of hydrogen-bond acceptors (Lipinski definition) is 5. The smallest absolute Gasteiger partial charge is 0.225 e. The van der Waals surface area contributed by atoms with Gasteiger partial charge in [-0.3, -0.25) is 4.79 Å². The number of nitrogens with zero attached hydrogens (tertiary/aromatic N) is 1. The molecule has 7 nitrogen and oxygen atoms in total. The van der Waals surface area contributed by atoms with Crippen LogP contribution in [0.5, 0.6) is 17.2 Å². The zero-order valence-corrected chi connectivity index (χ0v) is 20.6. The lowest BCUT2D eigenvalue weighted by molar-refractivity contribution is -0.124. The molecule has 0 aromatic heterocycles. The van der Waals surface area contributed by atoms with Crippen molar-refractivity contribution in [3.05, 3.63) is 17.7 Å². The van der Waals surface area contributed by atoms with Gasteiger partial charge < -0.3 is 29.7 Å². The minimum atomic E-state index is -0.234. The van der Waals surface area contributed by atoms with Crippen LogP contribution in [0.1, 0.15) is 45.6 Å². The van der Waals surface area contributed by atoms with Gasteiger partial charge in [0.25, 0.3) is 0 Å². The molecule has 8 heteroatoms. The Bertz CT molecular complexity index is 744. The van der Waals surface area contributed by atoms with Crippen molar-refractivity contribution in [2.24, 2.45) is 11.8 Å². The van der Waals surface area contributed by atoms with Crippen LogP contribution in [0.25, 0.3) is 0 Å². The highest BCUT2D eigenvalue weighted by atomic mass is 32.1. The highest BCUT2D eigenvalue weighted by molar-refractivity contribution is 7.80. The third kappa shape index (κ3) is 6.38. The van der Waals surface area contributed by atoms with Crippen LogP contribution in [0.4, 0.5) is 0 Å². The molecule has 31 heavy (non-hydrogen) atoms. The van der Waals surface area contributed by atoms with Crippen molar-refractivity contribution in [1.29, 1.82) is 0 Å².